The molecule has 1 aromatic carbocycles. The summed E-state index contributed by atoms with van der Waals surface area (Å²) < 4.78 is 15.7. The summed E-state index contributed by atoms with van der Waals surface area (Å²) in [4.78, 5) is 13.1. The van der Waals surface area contributed by atoms with Crippen molar-refractivity contribution in [3.63, 3.8) is 0 Å². The monoisotopic (exact) mass is 346 g/mol. The molecule has 0 spiro atoms. The van der Waals surface area contributed by atoms with Crippen molar-refractivity contribution in [1.29, 1.82) is 0 Å². The predicted molar refractivity (Wildman–Crippen MR) is 81.6 cm³/mol. The van der Waals surface area contributed by atoms with Gasteiger partial charge in [0, 0.05) is 17.6 Å². The van der Waals surface area contributed by atoms with Gasteiger partial charge in [0.2, 0.25) is 0 Å². The average Bonchev–Trinajstić information content (AvgIpc) is 3.28. The highest BCUT2D eigenvalue weighted by molar-refractivity contribution is 9.08. The van der Waals surface area contributed by atoms with Gasteiger partial charge in [-0.15, -0.1) is 0 Å². The van der Waals surface area contributed by atoms with Crippen LogP contribution in [0, 0.1) is 5.82 Å². The molecule has 0 bridgehead atoms. The first-order valence-corrected chi connectivity index (χ1v) is 7.93. The fourth-order valence-electron chi connectivity index (χ4n) is 2.61. The lowest BCUT2D eigenvalue weighted by Crippen LogP contribution is -2.01. The number of halogens is 2. The van der Waals surface area contributed by atoms with Gasteiger partial charge in [0.05, 0.1) is 22.3 Å². The van der Waals surface area contributed by atoms with E-state index in [4.69, 9.17) is 0 Å². The SMILES string of the molecule is Fc1ccc2nc(-c3cncnc3CBr)n(C3CC3)c2c1. The van der Waals surface area contributed by atoms with Crippen molar-refractivity contribution in [1.82, 2.24) is 19.5 Å². The largest absolute Gasteiger partial charge is 0.321 e. The van der Waals surface area contributed by atoms with Gasteiger partial charge in [-0.1, -0.05) is 15.9 Å². The quantitative estimate of drug-likeness (QED) is 0.676. The molecule has 0 N–H and O–H groups in total. The van der Waals surface area contributed by atoms with Crippen LogP contribution in [0.1, 0.15) is 24.6 Å². The van der Waals surface area contributed by atoms with Crippen LogP contribution < -0.4 is 0 Å². The van der Waals surface area contributed by atoms with Gasteiger partial charge in [0.1, 0.15) is 18.0 Å². The number of imidazole rings is 1. The summed E-state index contributed by atoms with van der Waals surface area (Å²) in [5.41, 5.74) is 3.44. The van der Waals surface area contributed by atoms with Crippen molar-refractivity contribution in [2.24, 2.45) is 0 Å². The van der Waals surface area contributed by atoms with Gasteiger partial charge in [-0.2, -0.15) is 0 Å². The summed E-state index contributed by atoms with van der Waals surface area (Å²) in [6, 6.07) is 5.13. The van der Waals surface area contributed by atoms with Gasteiger partial charge in [-0.25, -0.2) is 19.3 Å². The van der Waals surface area contributed by atoms with Gasteiger partial charge in [-0.05, 0) is 31.0 Å². The van der Waals surface area contributed by atoms with Crippen LogP contribution >= 0.6 is 15.9 Å². The number of benzene rings is 1. The second kappa shape index (κ2) is 4.87. The van der Waals surface area contributed by atoms with Gasteiger partial charge < -0.3 is 4.57 Å². The Balaban J connectivity index is 2.02. The zero-order valence-electron chi connectivity index (χ0n) is 11.1. The number of fused-ring (bicyclic) bond motifs is 1. The molecule has 106 valence electrons. The van der Waals surface area contributed by atoms with E-state index in [1.54, 1.807) is 18.3 Å². The Morgan fingerprint density at radius 3 is 2.95 bits per heavy atom. The van der Waals surface area contributed by atoms with E-state index in [9.17, 15) is 4.39 Å². The van der Waals surface area contributed by atoms with E-state index in [1.165, 1.54) is 12.4 Å². The number of hydrogen-bond donors (Lipinski definition) is 0. The zero-order chi connectivity index (χ0) is 14.4. The molecule has 0 amide bonds. The summed E-state index contributed by atoms with van der Waals surface area (Å²) in [7, 11) is 0. The summed E-state index contributed by atoms with van der Waals surface area (Å²) in [6.45, 7) is 0. The molecule has 0 atom stereocenters. The standard InChI is InChI=1S/C15H12BrFN4/c16-6-13-11(7-18-8-19-13)15-20-12-4-1-9(17)5-14(12)21(15)10-2-3-10/h1,4-5,7-8,10H,2-3,6H2. The molecule has 0 saturated heterocycles. The van der Waals surface area contributed by atoms with E-state index >= 15 is 0 Å². The fourth-order valence-corrected chi connectivity index (χ4v) is 3.05. The molecule has 0 unspecified atom stereocenters. The Morgan fingerprint density at radius 1 is 1.33 bits per heavy atom. The van der Waals surface area contributed by atoms with Crippen LogP contribution in [-0.4, -0.2) is 19.5 Å². The van der Waals surface area contributed by atoms with E-state index < -0.39 is 0 Å². The molecule has 1 saturated carbocycles. The van der Waals surface area contributed by atoms with Crippen LogP contribution in [0.4, 0.5) is 4.39 Å². The van der Waals surface area contributed by atoms with Crippen molar-refractivity contribution in [3.05, 3.63) is 42.2 Å². The molecule has 1 aliphatic carbocycles. The van der Waals surface area contributed by atoms with E-state index in [0.29, 0.717) is 11.4 Å². The summed E-state index contributed by atoms with van der Waals surface area (Å²) in [5.74, 6) is 0.592. The topological polar surface area (TPSA) is 43.6 Å². The van der Waals surface area contributed by atoms with Crippen LogP contribution in [0.2, 0.25) is 0 Å². The van der Waals surface area contributed by atoms with Crippen molar-refractivity contribution >= 4 is 27.0 Å². The third-order valence-electron chi connectivity index (χ3n) is 3.73. The Labute approximate surface area is 129 Å². The number of aromatic nitrogens is 4. The molecule has 1 fully saturated rings. The fraction of sp³-hybridized carbons (Fsp3) is 0.267. The maximum Gasteiger partial charge on any atom is 0.144 e. The third-order valence-corrected chi connectivity index (χ3v) is 4.26. The normalized spacial score (nSPS) is 14.8. The first-order chi connectivity index (χ1) is 10.3. The molecule has 6 heteroatoms. The maximum absolute atomic E-state index is 13.6. The Hall–Kier alpha value is -1.82. The smallest absolute Gasteiger partial charge is 0.144 e. The molecular weight excluding hydrogens is 335 g/mol. The highest BCUT2D eigenvalue weighted by atomic mass is 79.9. The predicted octanol–water partition coefficient (Wildman–Crippen LogP) is 3.86. The molecule has 0 radical (unpaired) electrons. The minimum atomic E-state index is -0.235. The van der Waals surface area contributed by atoms with E-state index in [1.807, 2.05) is 0 Å². The highest BCUT2D eigenvalue weighted by Gasteiger charge is 2.29. The van der Waals surface area contributed by atoms with E-state index in [0.717, 1.165) is 41.0 Å². The van der Waals surface area contributed by atoms with Crippen LogP contribution in [0.3, 0.4) is 0 Å². The maximum atomic E-state index is 13.6. The summed E-state index contributed by atoms with van der Waals surface area (Å²) in [5, 5.41) is 0.632. The van der Waals surface area contributed by atoms with Crippen molar-refractivity contribution in [2.45, 2.75) is 24.2 Å². The van der Waals surface area contributed by atoms with Gasteiger partial charge in [0.15, 0.2) is 0 Å². The van der Waals surface area contributed by atoms with Crippen LogP contribution in [-0.2, 0) is 5.33 Å². The van der Waals surface area contributed by atoms with Crippen LogP contribution in [0.25, 0.3) is 22.4 Å². The first kappa shape index (κ1) is 12.9. The van der Waals surface area contributed by atoms with Crippen molar-refractivity contribution in [2.75, 3.05) is 0 Å². The van der Waals surface area contributed by atoms with Crippen molar-refractivity contribution < 1.29 is 4.39 Å². The lowest BCUT2D eigenvalue weighted by Gasteiger charge is -2.09. The first-order valence-electron chi connectivity index (χ1n) is 6.80. The summed E-state index contributed by atoms with van der Waals surface area (Å²) in [6.07, 6.45) is 5.52. The van der Waals surface area contributed by atoms with Crippen LogP contribution in [0.5, 0.6) is 0 Å². The molecule has 1 aliphatic rings. The van der Waals surface area contributed by atoms with Gasteiger partial charge >= 0.3 is 0 Å². The lowest BCUT2D eigenvalue weighted by atomic mass is 10.2. The van der Waals surface area contributed by atoms with Crippen molar-refractivity contribution in [3.8, 4) is 11.4 Å². The average molecular weight is 347 g/mol. The second-order valence-electron chi connectivity index (χ2n) is 5.19. The molecule has 21 heavy (non-hydrogen) atoms. The molecule has 3 aromatic rings. The number of alkyl halides is 1. The Bertz CT molecular complexity index is 826. The van der Waals surface area contributed by atoms with Gasteiger partial charge in [-0.3, -0.25) is 0 Å². The molecular formula is C15H12BrFN4. The molecule has 0 aliphatic heterocycles. The lowest BCUT2D eigenvalue weighted by molar-refractivity contribution is 0.628. The highest BCUT2D eigenvalue weighted by Crippen LogP contribution is 2.41. The number of hydrogen-bond acceptors (Lipinski definition) is 3. The van der Waals surface area contributed by atoms with Gasteiger partial charge in [0.25, 0.3) is 0 Å². The third kappa shape index (κ3) is 2.14. The Morgan fingerprint density at radius 2 is 2.19 bits per heavy atom. The summed E-state index contributed by atoms with van der Waals surface area (Å²) >= 11 is 3.45. The molecule has 2 heterocycles. The van der Waals surface area contributed by atoms with Crippen LogP contribution in [0.15, 0.2) is 30.7 Å². The van der Waals surface area contributed by atoms with E-state index in [2.05, 4.69) is 35.4 Å². The molecule has 4 rings (SSSR count). The molecule has 4 nitrogen and oxygen atoms in total. The Kier molecular flexibility index (Phi) is 2.99. The minimum Gasteiger partial charge on any atom is -0.321 e. The second-order valence-corrected chi connectivity index (χ2v) is 5.75. The number of rotatable bonds is 3. The molecule has 2 aromatic heterocycles. The zero-order valence-corrected chi connectivity index (χ0v) is 12.7. The minimum absolute atomic E-state index is 0.235. The van der Waals surface area contributed by atoms with E-state index in [-0.39, 0.29) is 5.82 Å². The number of nitrogens with zero attached hydrogens (tertiary/aromatic N) is 4.